The van der Waals surface area contributed by atoms with Gasteiger partial charge in [0.1, 0.15) is 0 Å². The van der Waals surface area contributed by atoms with E-state index in [-0.39, 0.29) is 24.0 Å². The van der Waals surface area contributed by atoms with Crippen molar-refractivity contribution in [3.63, 3.8) is 0 Å². The van der Waals surface area contributed by atoms with E-state index in [0.29, 0.717) is 18.1 Å². The van der Waals surface area contributed by atoms with Crippen molar-refractivity contribution in [2.75, 3.05) is 39.8 Å². The molecule has 0 aromatic carbocycles. The van der Waals surface area contributed by atoms with Crippen LogP contribution < -0.4 is 10.6 Å². The third-order valence-corrected chi connectivity index (χ3v) is 4.49. The van der Waals surface area contributed by atoms with Gasteiger partial charge < -0.3 is 15.4 Å². The molecule has 6 heteroatoms. The summed E-state index contributed by atoms with van der Waals surface area (Å²) < 4.78 is 5.80. The molecule has 1 heterocycles. The topological polar surface area (TPSA) is 48.9 Å². The summed E-state index contributed by atoms with van der Waals surface area (Å²) in [5.41, 5.74) is 1.24. The fraction of sp³-hybridized carbons (Fsp3) is 0.842. The molecule has 0 bridgehead atoms. The number of hydrogen-bond acceptors (Lipinski definition) is 3. The molecule has 0 radical (unpaired) electrons. The molecule has 1 atom stereocenters. The van der Waals surface area contributed by atoms with Crippen LogP contribution in [0.3, 0.4) is 0 Å². The number of aliphatic imine (C=N–C) groups is 1. The van der Waals surface area contributed by atoms with Crippen LogP contribution in [-0.2, 0) is 4.74 Å². The Morgan fingerprint density at radius 3 is 2.44 bits per heavy atom. The fourth-order valence-corrected chi connectivity index (χ4v) is 3.16. The van der Waals surface area contributed by atoms with Crippen molar-refractivity contribution in [1.29, 1.82) is 0 Å². The van der Waals surface area contributed by atoms with E-state index >= 15 is 0 Å². The second-order valence-corrected chi connectivity index (χ2v) is 7.18. The molecule has 148 valence electrons. The zero-order valence-electron chi connectivity index (χ0n) is 16.8. The summed E-state index contributed by atoms with van der Waals surface area (Å²) >= 11 is 0. The third kappa shape index (κ3) is 10.4. The van der Waals surface area contributed by atoms with Gasteiger partial charge in [-0.2, -0.15) is 0 Å². The molecular weight excluding hydrogens is 427 g/mol. The number of ether oxygens (including phenoxy) is 1. The van der Waals surface area contributed by atoms with Gasteiger partial charge in [-0.15, -0.1) is 24.0 Å². The maximum atomic E-state index is 5.80. The SMILES string of the molecule is C=C(C)CN1CCC(NC(=NC)NCCC(OCC)C(C)C)CC1.I. The van der Waals surface area contributed by atoms with Crippen LogP contribution in [0.15, 0.2) is 17.1 Å². The average molecular weight is 466 g/mol. The standard InChI is InChI=1S/C19H38N4O.HI/c1-7-24-18(16(4)5)8-11-21-19(20-6)22-17-9-12-23(13-10-17)14-15(2)3;/h16-18H,2,7-14H2,1,3-6H3,(H2,20,21,22);1H. The maximum absolute atomic E-state index is 5.80. The van der Waals surface area contributed by atoms with Crippen LogP contribution in [0, 0.1) is 5.92 Å². The highest BCUT2D eigenvalue weighted by atomic mass is 127. The highest BCUT2D eigenvalue weighted by molar-refractivity contribution is 14.0. The van der Waals surface area contributed by atoms with E-state index in [9.17, 15) is 0 Å². The summed E-state index contributed by atoms with van der Waals surface area (Å²) in [6, 6.07) is 0.505. The summed E-state index contributed by atoms with van der Waals surface area (Å²) in [7, 11) is 1.84. The largest absolute Gasteiger partial charge is 0.378 e. The Morgan fingerprint density at radius 2 is 1.96 bits per heavy atom. The van der Waals surface area contributed by atoms with E-state index in [1.165, 1.54) is 5.57 Å². The summed E-state index contributed by atoms with van der Waals surface area (Å²) in [6.45, 7) is 17.5. The predicted molar refractivity (Wildman–Crippen MR) is 119 cm³/mol. The van der Waals surface area contributed by atoms with Crippen molar-refractivity contribution in [2.24, 2.45) is 10.9 Å². The van der Waals surface area contributed by atoms with Gasteiger partial charge in [0.2, 0.25) is 0 Å². The number of rotatable bonds is 9. The van der Waals surface area contributed by atoms with E-state index in [2.05, 4.69) is 54.8 Å². The average Bonchev–Trinajstić information content (AvgIpc) is 2.54. The van der Waals surface area contributed by atoms with Gasteiger partial charge in [-0.05, 0) is 39.0 Å². The number of halogens is 1. The molecule has 0 spiro atoms. The highest BCUT2D eigenvalue weighted by Gasteiger charge is 2.20. The minimum atomic E-state index is 0. The maximum Gasteiger partial charge on any atom is 0.191 e. The molecule has 0 aromatic heterocycles. The number of guanidine groups is 1. The summed E-state index contributed by atoms with van der Waals surface area (Å²) in [4.78, 5) is 6.84. The van der Waals surface area contributed by atoms with Gasteiger partial charge in [-0.25, -0.2) is 0 Å². The smallest absolute Gasteiger partial charge is 0.191 e. The van der Waals surface area contributed by atoms with Gasteiger partial charge in [0.05, 0.1) is 6.10 Å². The minimum absolute atomic E-state index is 0. The van der Waals surface area contributed by atoms with Crippen LogP contribution in [0.4, 0.5) is 0 Å². The van der Waals surface area contributed by atoms with E-state index in [0.717, 1.165) is 58.0 Å². The third-order valence-electron chi connectivity index (χ3n) is 4.49. The Hall–Kier alpha value is -0.340. The Bertz CT molecular complexity index is 393. The molecule has 0 amide bonds. The molecular formula is C19H39IN4O. The Morgan fingerprint density at radius 1 is 1.32 bits per heavy atom. The van der Waals surface area contributed by atoms with Gasteiger partial charge in [-0.3, -0.25) is 9.89 Å². The molecule has 0 aliphatic carbocycles. The molecule has 1 saturated heterocycles. The fourth-order valence-electron chi connectivity index (χ4n) is 3.16. The first-order chi connectivity index (χ1) is 11.5. The zero-order valence-corrected chi connectivity index (χ0v) is 19.1. The molecule has 1 aliphatic rings. The van der Waals surface area contributed by atoms with Crippen LogP contribution in [-0.4, -0.2) is 62.8 Å². The summed E-state index contributed by atoms with van der Waals surface area (Å²) in [5.74, 6) is 1.45. The Labute approximate surface area is 172 Å². The molecule has 1 fully saturated rings. The minimum Gasteiger partial charge on any atom is -0.378 e. The molecule has 25 heavy (non-hydrogen) atoms. The second-order valence-electron chi connectivity index (χ2n) is 7.18. The lowest BCUT2D eigenvalue weighted by Gasteiger charge is -2.33. The Balaban J connectivity index is 0.00000576. The van der Waals surface area contributed by atoms with E-state index in [1.807, 2.05) is 7.05 Å². The van der Waals surface area contributed by atoms with Crippen molar-refractivity contribution in [2.45, 2.75) is 59.1 Å². The Kier molecular flexibility index (Phi) is 13.6. The van der Waals surface area contributed by atoms with Gasteiger partial charge in [-0.1, -0.05) is 26.0 Å². The van der Waals surface area contributed by atoms with Gasteiger partial charge in [0, 0.05) is 45.9 Å². The van der Waals surface area contributed by atoms with Crippen LogP contribution in [0.25, 0.3) is 0 Å². The lowest BCUT2D eigenvalue weighted by atomic mass is 10.0. The van der Waals surface area contributed by atoms with Crippen LogP contribution in [0.1, 0.15) is 47.0 Å². The van der Waals surface area contributed by atoms with Crippen molar-refractivity contribution in [1.82, 2.24) is 15.5 Å². The van der Waals surface area contributed by atoms with Crippen LogP contribution >= 0.6 is 24.0 Å². The normalized spacial score (nSPS) is 17.9. The monoisotopic (exact) mass is 466 g/mol. The van der Waals surface area contributed by atoms with Crippen molar-refractivity contribution in [3.05, 3.63) is 12.2 Å². The van der Waals surface area contributed by atoms with Crippen molar-refractivity contribution in [3.8, 4) is 0 Å². The zero-order chi connectivity index (χ0) is 17.9. The molecule has 5 nitrogen and oxygen atoms in total. The molecule has 1 rings (SSSR count). The first-order valence-corrected chi connectivity index (χ1v) is 9.41. The summed E-state index contributed by atoms with van der Waals surface area (Å²) in [6.07, 6.45) is 3.62. The van der Waals surface area contributed by atoms with E-state index in [1.54, 1.807) is 0 Å². The molecule has 1 unspecified atom stereocenters. The molecule has 2 N–H and O–H groups in total. The van der Waals surface area contributed by atoms with Crippen LogP contribution in [0.5, 0.6) is 0 Å². The first kappa shape index (κ1) is 24.7. The predicted octanol–water partition coefficient (Wildman–Crippen LogP) is 3.26. The van der Waals surface area contributed by atoms with E-state index in [4.69, 9.17) is 4.74 Å². The lowest BCUT2D eigenvalue weighted by Crippen LogP contribution is -2.49. The van der Waals surface area contributed by atoms with Crippen molar-refractivity contribution < 1.29 is 4.74 Å². The number of piperidine rings is 1. The number of nitrogens with one attached hydrogen (secondary N) is 2. The van der Waals surface area contributed by atoms with E-state index < -0.39 is 0 Å². The quantitative estimate of drug-likeness (QED) is 0.237. The molecule has 1 aliphatic heterocycles. The molecule has 0 saturated carbocycles. The number of hydrogen-bond donors (Lipinski definition) is 2. The summed E-state index contributed by atoms with van der Waals surface area (Å²) in [5, 5.41) is 7.00. The van der Waals surface area contributed by atoms with Gasteiger partial charge >= 0.3 is 0 Å². The number of nitrogens with zero attached hydrogens (tertiary/aromatic N) is 2. The highest BCUT2D eigenvalue weighted by Crippen LogP contribution is 2.12. The first-order valence-electron chi connectivity index (χ1n) is 9.41. The van der Waals surface area contributed by atoms with Gasteiger partial charge in [0.15, 0.2) is 5.96 Å². The lowest BCUT2D eigenvalue weighted by molar-refractivity contribution is 0.0258. The number of likely N-dealkylation sites (tertiary alicyclic amines) is 1. The van der Waals surface area contributed by atoms with Gasteiger partial charge in [0.25, 0.3) is 0 Å². The van der Waals surface area contributed by atoms with Crippen LogP contribution in [0.2, 0.25) is 0 Å². The second kappa shape index (κ2) is 13.8. The van der Waals surface area contributed by atoms with Crippen molar-refractivity contribution >= 4 is 29.9 Å². The molecule has 0 aromatic rings.